The molecule has 0 aromatic heterocycles. The van der Waals surface area contributed by atoms with Gasteiger partial charge in [0, 0.05) is 25.7 Å². The second-order valence-electron chi connectivity index (χ2n) is 11.7. The van der Waals surface area contributed by atoms with Gasteiger partial charge in [-0.1, -0.05) is 83.4 Å². The van der Waals surface area contributed by atoms with Crippen molar-refractivity contribution < 1.29 is 20.1 Å². The molecule has 1 aliphatic rings. The lowest BCUT2D eigenvalue weighted by atomic mass is 9.88. The zero-order chi connectivity index (χ0) is 29.5. The largest absolute Gasteiger partial charge is 0.507 e. The second kappa shape index (κ2) is 10.9. The molecular weight excluding hydrogens is 520 g/mol. The van der Waals surface area contributed by atoms with Gasteiger partial charge < -0.3 is 20.1 Å². The Kier molecular flexibility index (Phi) is 7.16. The number of ether oxygens (including phenoxy) is 1. The summed E-state index contributed by atoms with van der Waals surface area (Å²) >= 11 is 0. The Bertz CT molecular complexity index is 1710. The molecule has 0 saturated heterocycles. The van der Waals surface area contributed by atoms with Crippen LogP contribution in [-0.2, 0) is 25.7 Å². The summed E-state index contributed by atoms with van der Waals surface area (Å²) in [5.41, 5.74) is 11.8. The van der Waals surface area contributed by atoms with Gasteiger partial charge >= 0.3 is 0 Å². The fourth-order valence-electron chi connectivity index (χ4n) is 6.51. The number of hydrogen-bond donors (Lipinski definition) is 3. The minimum absolute atomic E-state index is 0.206. The summed E-state index contributed by atoms with van der Waals surface area (Å²) in [6.07, 6.45) is 1.71. The lowest BCUT2D eigenvalue weighted by molar-refractivity contribution is 0.405. The van der Waals surface area contributed by atoms with Gasteiger partial charge in [-0.05, 0) is 88.5 Å². The Balaban J connectivity index is 1.64. The number of hydrogen-bond acceptors (Lipinski definition) is 4. The molecule has 0 spiro atoms. The van der Waals surface area contributed by atoms with Gasteiger partial charge in [0.25, 0.3) is 0 Å². The maximum atomic E-state index is 11.6. The molecule has 5 aromatic carbocycles. The molecule has 4 heteroatoms. The van der Waals surface area contributed by atoms with Crippen molar-refractivity contribution in [2.75, 3.05) is 7.11 Å². The Hall–Kier alpha value is -4.70. The summed E-state index contributed by atoms with van der Waals surface area (Å²) in [5, 5.41) is 34.5. The van der Waals surface area contributed by atoms with Gasteiger partial charge in [-0.3, -0.25) is 0 Å². The first-order valence-corrected chi connectivity index (χ1v) is 14.4. The first-order chi connectivity index (χ1) is 20.2. The van der Waals surface area contributed by atoms with E-state index in [1.165, 1.54) is 0 Å². The van der Waals surface area contributed by atoms with Crippen LogP contribution in [0.15, 0.2) is 78.9 Å². The molecule has 0 aliphatic heterocycles. The van der Waals surface area contributed by atoms with Crippen LogP contribution in [0.1, 0.15) is 61.2 Å². The van der Waals surface area contributed by atoms with Gasteiger partial charge in [0.2, 0.25) is 0 Å². The predicted octanol–water partition coefficient (Wildman–Crippen LogP) is 8.08. The molecule has 42 heavy (non-hydrogen) atoms. The highest BCUT2D eigenvalue weighted by molar-refractivity contribution is 5.69. The van der Waals surface area contributed by atoms with Crippen molar-refractivity contribution in [3.63, 3.8) is 0 Å². The van der Waals surface area contributed by atoms with Crippen LogP contribution in [0.4, 0.5) is 0 Å². The summed E-state index contributed by atoms with van der Waals surface area (Å²) in [5.74, 6) is 1.44. The van der Waals surface area contributed by atoms with Gasteiger partial charge in [-0.25, -0.2) is 0 Å². The van der Waals surface area contributed by atoms with Gasteiger partial charge in [0.05, 0.1) is 7.11 Å². The van der Waals surface area contributed by atoms with Gasteiger partial charge in [0.1, 0.15) is 23.0 Å². The van der Waals surface area contributed by atoms with Crippen molar-refractivity contribution in [3.05, 3.63) is 140 Å². The van der Waals surface area contributed by atoms with E-state index in [0.29, 0.717) is 25.7 Å². The first kappa shape index (κ1) is 27.5. The molecule has 0 amide bonds. The van der Waals surface area contributed by atoms with Crippen molar-refractivity contribution in [1.82, 2.24) is 0 Å². The minimum atomic E-state index is 0.206. The molecule has 0 fully saturated rings. The molecule has 0 unspecified atom stereocenters. The Morgan fingerprint density at radius 3 is 1.12 bits per heavy atom. The van der Waals surface area contributed by atoms with E-state index in [9.17, 15) is 15.3 Å². The van der Waals surface area contributed by atoms with Gasteiger partial charge in [-0.2, -0.15) is 0 Å². The van der Waals surface area contributed by atoms with Crippen LogP contribution < -0.4 is 4.74 Å². The number of rotatable bonds is 2. The van der Waals surface area contributed by atoms with Crippen LogP contribution in [0, 0.1) is 20.8 Å². The van der Waals surface area contributed by atoms with Crippen molar-refractivity contribution in [3.8, 4) is 34.1 Å². The van der Waals surface area contributed by atoms with Gasteiger partial charge in [-0.15, -0.1) is 0 Å². The van der Waals surface area contributed by atoms with Crippen LogP contribution in [-0.4, -0.2) is 22.4 Å². The third-order valence-corrected chi connectivity index (χ3v) is 8.31. The average Bonchev–Trinajstić information content (AvgIpc) is 2.96. The number of phenolic OH excluding ortho intramolecular Hbond substituents is 3. The molecule has 0 saturated carbocycles. The number of aromatic hydroxyl groups is 3. The maximum Gasteiger partial charge on any atom is 0.125 e. The number of benzene rings is 5. The van der Waals surface area contributed by atoms with Crippen molar-refractivity contribution in [2.45, 2.75) is 46.5 Å². The highest BCUT2D eigenvalue weighted by atomic mass is 16.5. The third-order valence-electron chi connectivity index (χ3n) is 8.31. The normalized spacial score (nSPS) is 12.7. The summed E-state index contributed by atoms with van der Waals surface area (Å²) in [6, 6.07) is 26.5. The minimum Gasteiger partial charge on any atom is -0.507 e. The molecule has 5 aromatic rings. The monoisotopic (exact) mass is 556 g/mol. The van der Waals surface area contributed by atoms with Crippen molar-refractivity contribution >= 4 is 0 Å². The summed E-state index contributed by atoms with van der Waals surface area (Å²) in [6.45, 7) is 6.08. The Morgan fingerprint density at radius 2 is 0.786 bits per heavy atom. The molecule has 4 nitrogen and oxygen atoms in total. The van der Waals surface area contributed by atoms with Crippen molar-refractivity contribution in [2.24, 2.45) is 0 Å². The molecule has 0 heterocycles. The molecule has 212 valence electrons. The van der Waals surface area contributed by atoms with E-state index in [4.69, 9.17) is 4.74 Å². The zero-order valence-corrected chi connectivity index (χ0v) is 24.6. The van der Waals surface area contributed by atoms with E-state index in [-0.39, 0.29) is 17.2 Å². The van der Waals surface area contributed by atoms with E-state index in [1.807, 2.05) is 75.4 Å². The van der Waals surface area contributed by atoms with Crippen LogP contribution in [0.5, 0.6) is 23.0 Å². The zero-order valence-electron chi connectivity index (χ0n) is 24.6. The standard InChI is InChI=1S/C38H36O4/c1-22-10-27-18-29-12-23(2)14-31(36(29)40)20-33-16-26(25-8-6-5-7-9-25)17-34(38(33)42-4)21-32-15-24(3)13-30(37(32)41)19-28(11-22)35(27)39/h5-17,39-41H,18-21H2,1-4H3. The fraction of sp³-hybridized carbons (Fsp3) is 0.211. The highest BCUT2D eigenvalue weighted by Gasteiger charge is 2.21. The van der Waals surface area contributed by atoms with E-state index in [2.05, 4.69) is 24.3 Å². The lowest BCUT2D eigenvalue weighted by Gasteiger charge is -2.20. The SMILES string of the molecule is COc1c2cc(-c3ccccc3)cc1Cc1cc(C)cc(c1O)Cc1cc(C)cc(c1O)Cc1cc(C)cc(c1O)C2. The number of aryl methyl sites for hydroxylation is 3. The third kappa shape index (κ3) is 5.21. The molecule has 8 bridgehead atoms. The van der Waals surface area contributed by atoms with Crippen LogP contribution in [0.3, 0.4) is 0 Å². The van der Waals surface area contributed by atoms with Crippen molar-refractivity contribution in [1.29, 1.82) is 0 Å². The smallest absolute Gasteiger partial charge is 0.125 e. The van der Waals surface area contributed by atoms with Crippen LogP contribution >= 0.6 is 0 Å². The quantitative estimate of drug-likeness (QED) is 0.202. The van der Waals surface area contributed by atoms with E-state index < -0.39 is 0 Å². The van der Waals surface area contributed by atoms with E-state index in [0.717, 1.165) is 78.1 Å². The first-order valence-electron chi connectivity index (χ1n) is 14.4. The predicted molar refractivity (Wildman–Crippen MR) is 168 cm³/mol. The number of fused-ring (bicyclic) bond motifs is 8. The Labute approximate surface area is 247 Å². The summed E-state index contributed by atoms with van der Waals surface area (Å²) in [4.78, 5) is 0. The molecule has 6 rings (SSSR count). The highest BCUT2D eigenvalue weighted by Crippen LogP contribution is 2.40. The molecule has 0 radical (unpaired) electrons. The van der Waals surface area contributed by atoms with Crippen LogP contribution in [0.2, 0.25) is 0 Å². The lowest BCUT2D eigenvalue weighted by Crippen LogP contribution is -2.04. The number of phenols is 3. The molecule has 3 N–H and O–H groups in total. The van der Waals surface area contributed by atoms with Crippen LogP contribution in [0.25, 0.3) is 11.1 Å². The fourth-order valence-corrected chi connectivity index (χ4v) is 6.51. The molecule has 0 atom stereocenters. The Morgan fingerprint density at radius 1 is 0.452 bits per heavy atom. The summed E-state index contributed by atoms with van der Waals surface area (Å²) in [7, 11) is 1.68. The average molecular weight is 557 g/mol. The topological polar surface area (TPSA) is 69.9 Å². The molecular formula is C38H36O4. The van der Waals surface area contributed by atoms with E-state index in [1.54, 1.807) is 7.11 Å². The summed E-state index contributed by atoms with van der Waals surface area (Å²) < 4.78 is 6.06. The maximum absolute atomic E-state index is 11.6. The second-order valence-corrected chi connectivity index (χ2v) is 11.7. The number of methoxy groups -OCH3 is 1. The molecule has 1 aliphatic carbocycles. The van der Waals surface area contributed by atoms with E-state index >= 15 is 0 Å². The van der Waals surface area contributed by atoms with Gasteiger partial charge in [0.15, 0.2) is 0 Å².